The molecule has 9 nitrogen and oxygen atoms in total. The molecule has 0 saturated carbocycles. The molecule has 30 heavy (non-hydrogen) atoms. The Hall–Kier alpha value is -4.27. The van der Waals surface area contributed by atoms with Crippen molar-refractivity contribution in [1.82, 2.24) is 24.3 Å². The lowest BCUT2D eigenvalue weighted by atomic mass is 10.2. The first kappa shape index (κ1) is 19.1. The van der Waals surface area contributed by atoms with E-state index in [4.69, 9.17) is 0 Å². The highest BCUT2D eigenvalue weighted by atomic mass is 16.1. The number of hydrogen-bond acceptors (Lipinski definition) is 6. The molecular weight excluding hydrogens is 382 g/mol. The van der Waals surface area contributed by atoms with E-state index >= 15 is 0 Å². The van der Waals surface area contributed by atoms with Crippen LogP contribution in [0, 0.1) is 6.92 Å². The third-order valence-corrected chi connectivity index (χ3v) is 4.48. The van der Waals surface area contributed by atoms with Gasteiger partial charge in [-0.05, 0) is 36.8 Å². The van der Waals surface area contributed by atoms with E-state index in [1.54, 1.807) is 47.5 Å². The number of rotatable bonds is 5. The summed E-state index contributed by atoms with van der Waals surface area (Å²) in [6.45, 7) is 5.29. The summed E-state index contributed by atoms with van der Waals surface area (Å²) in [4.78, 5) is 33.5. The number of aromatic nitrogens is 5. The van der Waals surface area contributed by atoms with Gasteiger partial charge in [0.15, 0.2) is 5.65 Å². The molecule has 2 N–H and O–H groups in total. The maximum Gasteiger partial charge on any atom is 0.257 e. The molecule has 4 aromatic rings. The van der Waals surface area contributed by atoms with Gasteiger partial charge in [0.1, 0.15) is 0 Å². The number of carbonyl (C=O) groups excluding carboxylic acids is 1. The van der Waals surface area contributed by atoms with Crippen LogP contribution in [0.25, 0.3) is 16.7 Å². The van der Waals surface area contributed by atoms with Crippen LogP contribution < -0.4 is 16.2 Å². The lowest BCUT2D eigenvalue weighted by Gasteiger charge is -2.13. The first-order chi connectivity index (χ1) is 14.4. The van der Waals surface area contributed by atoms with E-state index in [1.165, 1.54) is 16.7 Å². The van der Waals surface area contributed by atoms with Crippen LogP contribution in [0.3, 0.4) is 0 Å². The van der Waals surface area contributed by atoms with Gasteiger partial charge in [-0.25, -0.2) is 4.98 Å². The van der Waals surface area contributed by atoms with Crippen molar-refractivity contribution in [2.75, 3.05) is 10.6 Å². The molecule has 150 valence electrons. The van der Waals surface area contributed by atoms with E-state index in [-0.39, 0.29) is 11.5 Å². The highest BCUT2D eigenvalue weighted by Crippen LogP contribution is 2.22. The van der Waals surface area contributed by atoms with Crippen LogP contribution in [0.1, 0.15) is 5.56 Å². The second kappa shape index (κ2) is 7.63. The number of nitrogens with zero attached hydrogens (tertiary/aromatic N) is 5. The molecule has 0 aliphatic heterocycles. The quantitative estimate of drug-likeness (QED) is 0.498. The van der Waals surface area contributed by atoms with Gasteiger partial charge in [0.05, 0.1) is 17.6 Å². The molecule has 3 aromatic heterocycles. The van der Waals surface area contributed by atoms with Crippen molar-refractivity contribution >= 4 is 34.3 Å². The number of aryl methyl sites for hydroxylation is 2. The summed E-state index contributed by atoms with van der Waals surface area (Å²) >= 11 is 0. The second-order valence-electron chi connectivity index (χ2n) is 6.70. The summed E-state index contributed by atoms with van der Waals surface area (Å²) in [6.07, 6.45) is 6.31. The minimum Gasteiger partial charge on any atom is -0.322 e. The molecule has 1 aromatic carbocycles. The lowest BCUT2D eigenvalue weighted by molar-refractivity contribution is -0.111. The number of nitrogens with one attached hydrogen (secondary N) is 2. The van der Waals surface area contributed by atoms with Crippen molar-refractivity contribution in [2.24, 2.45) is 7.05 Å². The van der Waals surface area contributed by atoms with Crippen LogP contribution in [0.2, 0.25) is 0 Å². The van der Waals surface area contributed by atoms with Crippen LogP contribution in [-0.2, 0) is 11.8 Å². The molecule has 0 aliphatic carbocycles. The Morgan fingerprint density at radius 3 is 2.77 bits per heavy atom. The lowest BCUT2D eigenvalue weighted by Crippen LogP contribution is -2.20. The molecule has 3 heterocycles. The molecule has 0 aliphatic rings. The van der Waals surface area contributed by atoms with Gasteiger partial charge in [0.2, 0.25) is 11.9 Å². The van der Waals surface area contributed by atoms with Gasteiger partial charge in [0, 0.05) is 36.6 Å². The van der Waals surface area contributed by atoms with Crippen LogP contribution in [0.4, 0.5) is 17.3 Å². The molecule has 9 heteroatoms. The predicted molar refractivity (Wildman–Crippen MR) is 115 cm³/mol. The number of pyridine rings is 1. The summed E-state index contributed by atoms with van der Waals surface area (Å²) in [5.74, 6) is 0.00362. The Morgan fingerprint density at radius 1 is 1.20 bits per heavy atom. The summed E-state index contributed by atoms with van der Waals surface area (Å²) in [7, 11) is 1.81. The molecule has 0 atom stereocenters. The summed E-state index contributed by atoms with van der Waals surface area (Å²) in [5, 5.41) is 10.6. The molecule has 0 spiro atoms. The standard InChI is InChI=1S/C21H19N7O2/c1-4-18(29)24-14-6-5-7-16(9-14)28-19(30)8-13(2)17-11-22-21(26-20(17)28)25-15-10-23-27(3)12-15/h4-12H,1H2,2-3H3,(H,24,29)(H,22,25,26). The summed E-state index contributed by atoms with van der Waals surface area (Å²) < 4.78 is 3.15. The van der Waals surface area contributed by atoms with Gasteiger partial charge in [-0.1, -0.05) is 12.6 Å². The number of amides is 1. The fourth-order valence-electron chi connectivity index (χ4n) is 3.09. The highest BCUT2D eigenvalue weighted by molar-refractivity contribution is 5.99. The van der Waals surface area contributed by atoms with E-state index in [2.05, 4.69) is 32.3 Å². The Labute approximate surface area is 171 Å². The topological polar surface area (TPSA) is 107 Å². The monoisotopic (exact) mass is 401 g/mol. The number of benzene rings is 1. The maximum atomic E-state index is 12.9. The first-order valence-corrected chi connectivity index (χ1v) is 9.13. The van der Waals surface area contributed by atoms with Crippen molar-refractivity contribution in [3.05, 3.63) is 77.5 Å². The minimum atomic E-state index is -0.335. The Bertz CT molecular complexity index is 1340. The van der Waals surface area contributed by atoms with Gasteiger partial charge >= 0.3 is 0 Å². The SMILES string of the molecule is C=CC(=O)Nc1cccc(-n2c(=O)cc(C)c3cnc(Nc4cnn(C)c4)nc32)c1. The van der Waals surface area contributed by atoms with Crippen molar-refractivity contribution < 1.29 is 4.79 Å². The second-order valence-corrected chi connectivity index (χ2v) is 6.70. The van der Waals surface area contributed by atoms with Crippen molar-refractivity contribution in [3.63, 3.8) is 0 Å². The Balaban J connectivity index is 1.85. The molecular formula is C21H19N7O2. The number of anilines is 3. The van der Waals surface area contributed by atoms with Crippen LogP contribution in [0.5, 0.6) is 0 Å². The van der Waals surface area contributed by atoms with Gasteiger partial charge in [-0.2, -0.15) is 10.1 Å². The Morgan fingerprint density at radius 2 is 2.03 bits per heavy atom. The third-order valence-electron chi connectivity index (χ3n) is 4.48. The number of carbonyl (C=O) groups is 1. The number of fused-ring (bicyclic) bond motifs is 1. The normalized spacial score (nSPS) is 10.7. The van der Waals surface area contributed by atoms with E-state index in [0.29, 0.717) is 23.0 Å². The zero-order chi connectivity index (χ0) is 21.3. The van der Waals surface area contributed by atoms with E-state index in [1.807, 2.05) is 14.0 Å². The minimum absolute atomic E-state index is 0.238. The molecule has 0 fully saturated rings. The predicted octanol–water partition coefficient (Wildman–Crippen LogP) is 2.69. The zero-order valence-corrected chi connectivity index (χ0v) is 16.5. The molecule has 0 bridgehead atoms. The summed E-state index contributed by atoms with van der Waals surface area (Å²) in [5.41, 5.74) is 2.83. The molecule has 0 unspecified atom stereocenters. The maximum absolute atomic E-state index is 12.9. The highest BCUT2D eigenvalue weighted by Gasteiger charge is 2.13. The van der Waals surface area contributed by atoms with Gasteiger partial charge < -0.3 is 10.6 Å². The van der Waals surface area contributed by atoms with E-state index in [9.17, 15) is 9.59 Å². The van der Waals surface area contributed by atoms with Crippen LogP contribution in [-0.4, -0.2) is 30.2 Å². The van der Waals surface area contributed by atoms with Crippen LogP contribution >= 0.6 is 0 Å². The van der Waals surface area contributed by atoms with Crippen LogP contribution in [0.15, 0.2) is 66.4 Å². The molecule has 4 rings (SSSR count). The fraction of sp³-hybridized carbons (Fsp3) is 0.0952. The Kier molecular flexibility index (Phi) is 4.85. The molecule has 1 amide bonds. The average Bonchev–Trinajstić information content (AvgIpc) is 3.12. The average molecular weight is 401 g/mol. The smallest absolute Gasteiger partial charge is 0.257 e. The summed E-state index contributed by atoms with van der Waals surface area (Å²) in [6, 6.07) is 8.50. The third kappa shape index (κ3) is 3.68. The zero-order valence-electron chi connectivity index (χ0n) is 16.5. The fourth-order valence-corrected chi connectivity index (χ4v) is 3.09. The van der Waals surface area contributed by atoms with Crippen molar-refractivity contribution in [1.29, 1.82) is 0 Å². The van der Waals surface area contributed by atoms with E-state index < -0.39 is 0 Å². The largest absolute Gasteiger partial charge is 0.322 e. The van der Waals surface area contributed by atoms with Crippen molar-refractivity contribution in [2.45, 2.75) is 6.92 Å². The molecule has 0 radical (unpaired) electrons. The van der Waals surface area contributed by atoms with Gasteiger partial charge in [0.25, 0.3) is 5.56 Å². The van der Waals surface area contributed by atoms with E-state index in [0.717, 1.165) is 16.6 Å². The first-order valence-electron chi connectivity index (χ1n) is 9.13. The van der Waals surface area contributed by atoms with Crippen molar-refractivity contribution in [3.8, 4) is 5.69 Å². The van der Waals surface area contributed by atoms with Gasteiger partial charge in [-0.3, -0.25) is 18.8 Å². The van der Waals surface area contributed by atoms with Gasteiger partial charge in [-0.15, -0.1) is 0 Å². The molecule has 0 saturated heterocycles. The number of hydrogen-bond donors (Lipinski definition) is 2.